The summed E-state index contributed by atoms with van der Waals surface area (Å²) in [6.07, 6.45) is 0. The van der Waals surface area contributed by atoms with Crippen LogP contribution < -0.4 is 4.72 Å². The van der Waals surface area contributed by atoms with Crippen molar-refractivity contribution < 1.29 is 18.3 Å². The van der Waals surface area contributed by atoms with Gasteiger partial charge in [-0.3, -0.25) is 0 Å². The Morgan fingerprint density at radius 1 is 1.41 bits per heavy atom. The Balaban J connectivity index is 2.97. The largest absolute Gasteiger partial charge is 0.508 e. The van der Waals surface area contributed by atoms with E-state index < -0.39 is 15.6 Å². The van der Waals surface area contributed by atoms with Crippen LogP contribution in [0.2, 0.25) is 0 Å². The topological polar surface area (TPSA) is 75.6 Å². The number of phenols is 1. The van der Waals surface area contributed by atoms with Gasteiger partial charge in [-0.2, -0.15) is 0 Å². The fourth-order valence-corrected chi connectivity index (χ4v) is 2.90. The summed E-state index contributed by atoms with van der Waals surface area (Å²) < 4.78 is 31.4. The van der Waals surface area contributed by atoms with Crippen LogP contribution in [0.1, 0.15) is 13.8 Å². The van der Waals surface area contributed by atoms with Gasteiger partial charge >= 0.3 is 0 Å². The second kappa shape index (κ2) is 5.03. The minimum atomic E-state index is -3.65. The van der Waals surface area contributed by atoms with E-state index in [4.69, 9.17) is 4.74 Å². The first-order valence-corrected chi connectivity index (χ1v) is 6.57. The highest BCUT2D eigenvalue weighted by Crippen LogP contribution is 2.17. The summed E-state index contributed by atoms with van der Waals surface area (Å²) in [5.41, 5.74) is -0.709. The highest BCUT2D eigenvalue weighted by molar-refractivity contribution is 7.89. The zero-order chi connectivity index (χ0) is 13.1. The first-order valence-electron chi connectivity index (χ1n) is 5.09. The van der Waals surface area contributed by atoms with Crippen LogP contribution in [0.15, 0.2) is 29.2 Å². The summed E-state index contributed by atoms with van der Waals surface area (Å²) in [4.78, 5) is 0.0293. The molecule has 0 saturated carbocycles. The monoisotopic (exact) mass is 259 g/mol. The molecule has 1 aromatic carbocycles. The molecule has 6 heteroatoms. The number of aromatic hydroxyl groups is 1. The van der Waals surface area contributed by atoms with Crippen molar-refractivity contribution in [2.45, 2.75) is 24.3 Å². The Labute approximate surface area is 101 Å². The molecule has 1 rings (SSSR count). The lowest BCUT2D eigenvalue weighted by atomic mass is 10.1. The van der Waals surface area contributed by atoms with E-state index in [1.54, 1.807) is 13.8 Å². The number of nitrogens with one attached hydrogen (secondary N) is 1. The van der Waals surface area contributed by atoms with Crippen LogP contribution in [-0.2, 0) is 14.8 Å². The maximum atomic E-state index is 12.0. The zero-order valence-corrected chi connectivity index (χ0v) is 10.9. The van der Waals surface area contributed by atoms with Crippen LogP contribution in [0.4, 0.5) is 0 Å². The first-order chi connectivity index (χ1) is 7.77. The van der Waals surface area contributed by atoms with Crippen molar-refractivity contribution in [2.24, 2.45) is 0 Å². The van der Waals surface area contributed by atoms with Crippen molar-refractivity contribution in [3.05, 3.63) is 24.3 Å². The number of methoxy groups -OCH3 is 1. The van der Waals surface area contributed by atoms with E-state index in [1.165, 1.54) is 31.4 Å². The van der Waals surface area contributed by atoms with Crippen LogP contribution in [0.25, 0.3) is 0 Å². The summed E-state index contributed by atoms with van der Waals surface area (Å²) in [5.74, 6) is -0.0857. The van der Waals surface area contributed by atoms with Gasteiger partial charge < -0.3 is 9.84 Å². The van der Waals surface area contributed by atoms with Crippen molar-refractivity contribution in [2.75, 3.05) is 13.7 Å². The number of sulfonamides is 1. The van der Waals surface area contributed by atoms with E-state index in [0.717, 1.165) is 0 Å². The highest BCUT2D eigenvalue weighted by Gasteiger charge is 2.26. The Bertz CT molecular complexity index is 482. The summed E-state index contributed by atoms with van der Waals surface area (Å²) >= 11 is 0. The SMILES string of the molecule is COCC(C)(C)NS(=O)(=O)c1cccc(O)c1. The summed E-state index contributed by atoms with van der Waals surface area (Å²) in [5, 5.41) is 9.26. The molecule has 1 aromatic rings. The molecule has 0 aliphatic rings. The molecule has 0 amide bonds. The van der Waals surface area contributed by atoms with Crippen molar-refractivity contribution in [3.8, 4) is 5.75 Å². The van der Waals surface area contributed by atoms with Gasteiger partial charge in [0, 0.05) is 7.11 Å². The van der Waals surface area contributed by atoms with Gasteiger partial charge in [-0.15, -0.1) is 0 Å². The number of rotatable bonds is 5. The van der Waals surface area contributed by atoms with E-state index in [1.807, 2.05) is 0 Å². The average Bonchev–Trinajstić information content (AvgIpc) is 2.15. The van der Waals surface area contributed by atoms with E-state index >= 15 is 0 Å². The third-order valence-electron chi connectivity index (χ3n) is 2.04. The Morgan fingerprint density at radius 2 is 2.06 bits per heavy atom. The molecule has 0 aliphatic heterocycles. The molecule has 0 atom stereocenters. The van der Waals surface area contributed by atoms with Crippen LogP contribution in [0.5, 0.6) is 5.75 Å². The summed E-state index contributed by atoms with van der Waals surface area (Å²) in [6, 6.07) is 5.52. The molecule has 2 N–H and O–H groups in total. The minimum Gasteiger partial charge on any atom is -0.508 e. The number of ether oxygens (including phenoxy) is 1. The van der Waals surface area contributed by atoms with Gasteiger partial charge in [-0.1, -0.05) is 6.07 Å². The Kier molecular flexibility index (Phi) is 4.13. The number of hydrogen-bond donors (Lipinski definition) is 2. The third-order valence-corrected chi connectivity index (χ3v) is 3.74. The molecule has 96 valence electrons. The fraction of sp³-hybridized carbons (Fsp3) is 0.455. The molecule has 0 aliphatic carbocycles. The van der Waals surface area contributed by atoms with Gasteiger partial charge in [0.05, 0.1) is 17.0 Å². The Hall–Kier alpha value is -1.11. The molecular formula is C11H17NO4S. The van der Waals surface area contributed by atoms with E-state index in [9.17, 15) is 13.5 Å². The minimum absolute atomic E-state index is 0.0293. The molecule has 0 saturated heterocycles. The summed E-state index contributed by atoms with van der Waals surface area (Å²) in [6.45, 7) is 3.69. The molecule has 0 unspecified atom stereocenters. The molecule has 5 nitrogen and oxygen atoms in total. The molecule has 0 fully saturated rings. The van der Waals surface area contributed by atoms with Crippen LogP contribution in [0, 0.1) is 0 Å². The fourth-order valence-electron chi connectivity index (χ4n) is 1.46. The number of hydrogen-bond acceptors (Lipinski definition) is 4. The van der Waals surface area contributed by atoms with E-state index in [-0.39, 0.29) is 17.3 Å². The van der Waals surface area contributed by atoms with E-state index in [2.05, 4.69) is 4.72 Å². The van der Waals surface area contributed by atoms with Crippen molar-refractivity contribution in [1.82, 2.24) is 4.72 Å². The molecule has 0 aromatic heterocycles. The average molecular weight is 259 g/mol. The molecule has 0 radical (unpaired) electrons. The standard InChI is InChI=1S/C11H17NO4S/c1-11(2,8-16-3)12-17(14,15)10-6-4-5-9(13)7-10/h4-7,12-13H,8H2,1-3H3. The molecule has 0 bridgehead atoms. The third kappa shape index (κ3) is 3.99. The molecule has 17 heavy (non-hydrogen) atoms. The molecular weight excluding hydrogens is 242 g/mol. The predicted octanol–water partition coefficient (Wildman–Crippen LogP) is 1.10. The van der Waals surface area contributed by atoms with Crippen LogP contribution in [0.3, 0.4) is 0 Å². The van der Waals surface area contributed by atoms with Gasteiger partial charge in [-0.05, 0) is 32.0 Å². The Morgan fingerprint density at radius 3 is 2.59 bits per heavy atom. The maximum absolute atomic E-state index is 12.0. The van der Waals surface area contributed by atoms with Gasteiger partial charge in [0.2, 0.25) is 10.0 Å². The van der Waals surface area contributed by atoms with Gasteiger partial charge in [0.1, 0.15) is 5.75 Å². The zero-order valence-electron chi connectivity index (χ0n) is 10.1. The van der Waals surface area contributed by atoms with Crippen molar-refractivity contribution >= 4 is 10.0 Å². The second-order valence-corrected chi connectivity index (χ2v) is 6.10. The smallest absolute Gasteiger partial charge is 0.241 e. The van der Waals surface area contributed by atoms with Gasteiger partial charge in [0.25, 0.3) is 0 Å². The summed E-state index contributed by atoms with van der Waals surface area (Å²) in [7, 11) is -2.15. The van der Waals surface area contributed by atoms with Crippen LogP contribution >= 0.6 is 0 Å². The maximum Gasteiger partial charge on any atom is 0.241 e. The van der Waals surface area contributed by atoms with Crippen molar-refractivity contribution in [3.63, 3.8) is 0 Å². The highest BCUT2D eigenvalue weighted by atomic mass is 32.2. The lowest BCUT2D eigenvalue weighted by Gasteiger charge is -2.24. The molecule has 0 heterocycles. The lowest BCUT2D eigenvalue weighted by molar-refractivity contribution is 0.141. The van der Waals surface area contributed by atoms with E-state index in [0.29, 0.717) is 0 Å². The van der Waals surface area contributed by atoms with Gasteiger partial charge in [0.15, 0.2) is 0 Å². The quantitative estimate of drug-likeness (QED) is 0.830. The number of phenolic OH excluding ortho intramolecular Hbond substituents is 1. The normalized spacial score (nSPS) is 12.6. The van der Waals surface area contributed by atoms with Crippen molar-refractivity contribution in [1.29, 1.82) is 0 Å². The van der Waals surface area contributed by atoms with Crippen LogP contribution in [-0.4, -0.2) is 32.8 Å². The van der Waals surface area contributed by atoms with Gasteiger partial charge in [-0.25, -0.2) is 13.1 Å². The number of benzene rings is 1. The predicted molar refractivity (Wildman–Crippen MR) is 64.4 cm³/mol. The first kappa shape index (κ1) is 14.0. The lowest BCUT2D eigenvalue weighted by Crippen LogP contribution is -2.46. The second-order valence-electron chi connectivity index (χ2n) is 4.42. The molecule has 0 spiro atoms.